The fraction of sp³-hybridized carbons (Fsp3) is 0.286. The van der Waals surface area contributed by atoms with Crippen LogP contribution in [0.2, 0.25) is 0 Å². The highest BCUT2D eigenvalue weighted by Gasteiger charge is 2.20. The summed E-state index contributed by atoms with van der Waals surface area (Å²) in [6.07, 6.45) is 5.53. The highest BCUT2D eigenvalue weighted by molar-refractivity contribution is 7.98. The maximum absolute atomic E-state index is 12.3. The summed E-state index contributed by atoms with van der Waals surface area (Å²) in [6.45, 7) is 0. The summed E-state index contributed by atoms with van der Waals surface area (Å²) in [5.74, 6) is -0.0984. The van der Waals surface area contributed by atoms with Crippen LogP contribution < -0.4 is 10.6 Å². The van der Waals surface area contributed by atoms with Gasteiger partial charge in [-0.1, -0.05) is 6.07 Å². The van der Waals surface area contributed by atoms with Crippen molar-refractivity contribution >= 4 is 23.4 Å². The molecule has 0 bridgehead atoms. The van der Waals surface area contributed by atoms with Gasteiger partial charge in [-0.25, -0.2) is 0 Å². The first-order valence-corrected chi connectivity index (χ1v) is 7.47. The lowest BCUT2D eigenvalue weighted by molar-refractivity contribution is -0.118. The molecule has 106 valence electrons. The number of rotatable bonds is 5. The van der Waals surface area contributed by atoms with Crippen molar-refractivity contribution in [3.05, 3.63) is 42.2 Å². The molecule has 5 nitrogen and oxygen atoms in total. The average molecular weight is 290 g/mol. The molecule has 1 unspecified atom stereocenters. The van der Waals surface area contributed by atoms with Gasteiger partial charge in [0.25, 0.3) is 0 Å². The van der Waals surface area contributed by atoms with Crippen molar-refractivity contribution in [2.75, 3.05) is 18.6 Å². The highest BCUT2D eigenvalue weighted by atomic mass is 32.2. The molecule has 0 spiro atoms. The number of carbonyl (C=O) groups excluding carboxylic acids is 1. The smallest absolute Gasteiger partial charge is 0.246 e. The number of aryl methyl sites for hydroxylation is 1. The first-order chi connectivity index (χ1) is 9.63. The zero-order valence-electron chi connectivity index (χ0n) is 11.8. The summed E-state index contributed by atoms with van der Waals surface area (Å²) in [5.41, 5.74) is 1.64. The first-order valence-electron chi connectivity index (χ1n) is 6.24. The van der Waals surface area contributed by atoms with Gasteiger partial charge in [0, 0.05) is 29.4 Å². The van der Waals surface area contributed by atoms with Gasteiger partial charge in [-0.3, -0.25) is 9.48 Å². The molecule has 0 saturated carbocycles. The molecule has 0 fully saturated rings. The maximum Gasteiger partial charge on any atom is 0.246 e. The van der Waals surface area contributed by atoms with E-state index >= 15 is 0 Å². The molecule has 1 aromatic heterocycles. The normalized spacial score (nSPS) is 12.2. The van der Waals surface area contributed by atoms with Gasteiger partial charge >= 0.3 is 0 Å². The molecule has 1 heterocycles. The van der Waals surface area contributed by atoms with Crippen LogP contribution in [0, 0.1) is 0 Å². The van der Waals surface area contributed by atoms with Crippen molar-refractivity contribution in [1.82, 2.24) is 15.1 Å². The molecular weight excluding hydrogens is 272 g/mol. The third kappa shape index (κ3) is 3.40. The Morgan fingerprint density at radius 1 is 1.45 bits per heavy atom. The van der Waals surface area contributed by atoms with Crippen LogP contribution in [0.4, 0.5) is 5.69 Å². The zero-order chi connectivity index (χ0) is 14.5. The number of hydrogen-bond donors (Lipinski definition) is 2. The molecular formula is C14H18N4OS. The van der Waals surface area contributed by atoms with Crippen molar-refractivity contribution in [3.8, 4) is 0 Å². The second kappa shape index (κ2) is 6.58. The summed E-state index contributed by atoms with van der Waals surface area (Å²) < 4.78 is 1.68. The fourth-order valence-electron chi connectivity index (χ4n) is 1.95. The van der Waals surface area contributed by atoms with E-state index < -0.39 is 6.04 Å². The number of nitrogens with zero attached hydrogens (tertiary/aromatic N) is 2. The van der Waals surface area contributed by atoms with Crippen LogP contribution in [0.3, 0.4) is 0 Å². The monoisotopic (exact) mass is 290 g/mol. The Hall–Kier alpha value is -1.79. The van der Waals surface area contributed by atoms with Crippen LogP contribution in [-0.4, -0.2) is 29.0 Å². The molecule has 6 heteroatoms. The Kier molecular flexibility index (Phi) is 4.81. The molecule has 2 aromatic rings. The van der Waals surface area contributed by atoms with E-state index in [-0.39, 0.29) is 5.91 Å². The quantitative estimate of drug-likeness (QED) is 0.827. The number of likely N-dealkylation sites (N-methyl/N-ethyl adjacent to an activating group) is 1. The Bertz CT molecular complexity index is 596. The summed E-state index contributed by atoms with van der Waals surface area (Å²) in [7, 11) is 3.59. The van der Waals surface area contributed by atoms with Crippen molar-refractivity contribution in [3.63, 3.8) is 0 Å². The van der Waals surface area contributed by atoms with E-state index in [1.54, 1.807) is 29.7 Å². The molecule has 1 amide bonds. The minimum atomic E-state index is -0.415. The van der Waals surface area contributed by atoms with E-state index in [1.165, 1.54) is 0 Å². The van der Waals surface area contributed by atoms with Crippen LogP contribution in [0.1, 0.15) is 11.6 Å². The number of benzene rings is 1. The standard InChI is InChI=1S/C14H18N4OS/c1-15-13(10-8-16-18(2)9-10)14(19)17-11-5-4-6-12(7-11)20-3/h4-9,13,15H,1-3H3,(H,17,19). The van der Waals surface area contributed by atoms with Crippen molar-refractivity contribution in [2.24, 2.45) is 7.05 Å². The summed E-state index contributed by atoms with van der Waals surface area (Å²) >= 11 is 1.64. The Balaban J connectivity index is 2.13. The second-order valence-corrected chi connectivity index (χ2v) is 5.27. The van der Waals surface area contributed by atoms with Crippen molar-refractivity contribution in [2.45, 2.75) is 10.9 Å². The van der Waals surface area contributed by atoms with Gasteiger partial charge in [0.15, 0.2) is 0 Å². The number of carbonyl (C=O) groups is 1. The number of hydrogen-bond acceptors (Lipinski definition) is 4. The largest absolute Gasteiger partial charge is 0.324 e. The van der Waals surface area contributed by atoms with Gasteiger partial charge in [-0.2, -0.15) is 5.10 Å². The molecule has 0 aliphatic heterocycles. The second-order valence-electron chi connectivity index (χ2n) is 4.39. The number of amides is 1. The molecule has 0 aliphatic carbocycles. The third-order valence-electron chi connectivity index (χ3n) is 2.95. The Morgan fingerprint density at radius 3 is 2.85 bits per heavy atom. The van der Waals surface area contributed by atoms with E-state index in [9.17, 15) is 4.79 Å². The van der Waals surface area contributed by atoms with E-state index in [0.29, 0.717) is 0 Å². The van der Waals surface area contributed by atoms with Crippen LogP contribution in [0.15, 0.2) is 41.6 Å². The van der Waals surface area contributed by atoms with Gasteiger partial charge in [-0.05, 0) is 31.5 Å². The molecule has 1 atom stereocenters. The Morgan fingerprint density at radius 2 is 2.25 bits per heavy atom. The van der Waals surface area contributed by atoms with Gasteiger partial charge in [0.1, 0.15) is 6.04 Å². The topological polar surface area (TPSA) is 59.0 Å². The van der Waals surface area contributed by atoms with E-state index in [0.717, 1.165) is 16.1 Å². The molecule has 2 rings (SSSR count). The molecule has 1 aromatic carbocycles. The van der Waals surface area contributed by atoms with Crippen LogP contribution in [-0.2, 0) is 11.8 Å². The first kappa shape index (κ1) is 14.6. The third-order valence-corrected chi connectivity index (χ3v) is 3.67. The molecule has 0 aliphatic rings. The maximum atomic E-state index is 12.3. The zero-order valence-corrected chi connectivity index (χ0v) is 12.6. The molecule has 0 saturated heterocycles. The lowest BCUT2D eigenvalue weighted by atomic mass is 10.1. The number of nitrogens with one attached hydrogen (secondary N) is 2. The van der Waals surface area contributed by atoms with Crippen molar-refractivity contribution in [1.29, 1.82) is 0 Å². The van der Waals surface area contributed by atoms with Crippen LogP contribution in [0.5, 0.6) is 0 Å². The minimum Gasteiger partial charge on any atom is -0.324 e. The molecule has 20 heavy (non-hydrogen) atoms. The van der Waals surface area contributed by atoms with Gasteiger partial charge < -0.3 is 10.6 Å². The average Bonchev–Trinajstić information content (AvgIpc) is 2.86. The summed E-state index contributed by atoms with van der Waals surface area (Å²) in [6, 6.07) is 7.37. The van der Waals surface area contributed by atoms with E-state index in [2.05, 4.69) is 15.7 Å². The summed E-state index contributed by atoms with van der Waals surface area (Å²) in [4.78, 5) is 13.5. The minimum absolute atomic E-state index is 0.0984. The SMILES string of the molecule is CNC(C(=O)Nc1cccc(SC)c1)c1cnn(C)c1. The predicted molar refractivity (Wildman–Crippen MR) is 81.9 cm³/mol. The van der Waals surface area contributed by atoms with Crippen molar-refractivity contribution < 1.29 is 4.79 Å². The van der Waals surface area contributed by atoms with Crippen LogP contribution >= 0.6 is 11.8 Å². The van der Waals surface area contributed by atoms with Gasteiger partial charge in [-0.15, -0.1) is 11.8 Å². The van der Waals surface area contributed by atoms with Gasteiger partial charge in [0.2, 0.25) is 5.91 Å². The predicted octanol–water partition coefficient (Wildman–Crippen LogP) is 2.04. The lowest BCUT2D eigenvalue weighted by Gasteiger charge is -2.14. The number of thioether (sulfide) groups is 1. The molecule has 0 radical (unpaired) electrons. The number of aromatic nitrogens is 2. The van der Waals surface area contributed by atoms with Gasteiger partial charge in [0.05, 0.1) is 6.20 Å². The van der Waals surface area contributed by atoms with E-state index in [1.807, 2.05) is 43.8 Å². The Labute approximate surface area is 122 Å². The van der Waals surface area contributed by atoms with E-state index in [4.69, 9.17) is 0 Å². The number of anilines is 1. The highest BCUT2D eigenvalue weighted by Crippen LogP contribution is 2.20. The fourth-order valence-corrected chi connectivity index (χ4v) is 2.41. The summed E-state index contributed by atoms with van der Waals surface area (Å²) in [5, 5.41) is 10.0. The lowest BCUT2D eigenvalue weighted by Crippen LogP contribution is -2.30. The van der Waals surface area contributed by atoms with Crippen LogP contribution in [0.25, 0.3) is 0 Å². The molecule has 2 N–H and O–H groups in total.